The van der Waals surface area contributed by atoms with E-state index in [4.69, 9.17) is 4.74 Å². The van der Waals surface area contributed by atoms with Gasteiger partial charge in [-0.1, -0.05) is 42.5 Å². The molecule has 0 aliphatic rings. The Labute approximate surface area is 160 Å². The van der Waals surface area contributed by atoms with E-state index in [1.807, 2.05) is 18.2 Å². The average molecular weight is 385 g/mol. The molecule has 0 saturated carbocycles. The van der Waals surface area contributed by atoms with Gasteiger partial charge in [-0.2, -0.15) is 13.2 Å². The predicted octanol–water partition coefficient (Wildman–Crippen LogP) is 5.77. The van der Waals surface area contributed by atoms with E-state index in [2.05, 4.69) is 5.32 Å². The second-order valence-electron chi connectivity index (χ2n) is 6.21. The minimum Gasteiger partial charge on any atom is -0.380 e. The van der Waals surface area contributed by atoms with E-state index >= 15 is 0 Å². The van der Waals surface area contributed by atoms with Crippen LogP contribution in [0.2, 0.25) is 0 Å². The van der Waals surface area contributed by atoms with Crippen LogP contribution in [0.4, 0.5) is 18.9 Å². The first kappa shape index (κ1) is 19.6. The van der Waals surface area contributed by atoms with Crippen LogP contribution < -0.4 is 5.32 Å². The van der Waals surface area contributed by atoms with E-state index < -0.39 is 11.7 Å². The van der Waals surface area contributed by atoms with E-state index in [0.717, 1.165) is 17.7 Å². The summed E-state index contributed by atoms with van der Waals surface area (Å²) < 4.78 is 43.4. The van der Waals surface area contributed by atoms with Crippen LogP contribution in [-0.4, -0.2) is 13.0 Å². The Morgan fingerprint density at radius 1 is 0.964 bits per heavy atom. The van der Waals surface area contributed by atoms with Crippen LogP contribution in [0.3, 0.4) is 0 Å². The van der Waals surface area contributed by atoms with Crippen molar-refractivity contribution < 1.29 is 22.7 Å². The lowest BCUT2D eigenvalue weighted by atomic mass is 9.98. The van der Waals surface area contributed by atoms with Gasteiger partial charge >= 0.3 is 6.18 Å². The number of nitrogens with one attached hydrogen (secondary N) is 1. The summed E-state index contributed by atoms with van der Waals surface area (Å²) in [6.45, 7) is 0.422. The fraction of sp³-hybridized carbons (Fsp3) is 0.136. The van der Waals surface area contributed by atoms with Crippen LogP contribution in [0.25, 0.3) is 11.1 Å². The highest BCUT2D eigenvalue weighted by molar-refractivity contribution is 6.08. The minimum absolute atomic E-state index is 0.343. The van der Waals surface area contributed by atoms with E-state index in [-0.39, 0.29) is 5.91 Å². The summed E-state index contributed by atoms with van der Waals surface area (Å²) in [6, 6.07) is 18.8. The lowest BCUT2D eigenvalue weighted by Crippen LogP contribution is -2.13. The Morgan fingerprint density at radius 3 is 2.36 bits per heavy atom. The molecule has 6 heteroatoms. The number of rotatable bonds is 5. The van der Waals surface area contributed by atoms with E-state index in [0.29, 0.717) is 29.0 Å². The zero-order chi connectivity index (χ0) is 20.1. The highest BCUT2D eigenvalue weighted by atomic mass is 19.4. The van der Waals surface area contributed by atoms with Crippen LogP contribution in [0, 0.1) is 0 Å². The zero-order valence-electron chi connectivity index (χ0n) is 15.1. The molecular weight excluding hydrogens is 367 g/mol. The summed E-state index contributed by atoms with van der Waals surface area (Å²) in [7, 11) is 1.59. The van der Waals surface area contributed by atoms with E-state index in [9.17, 15) is 18.0 Å². The summed E-state index contributed by atoms with van der Waals surface area (Å²) >= 11 is 0. The molecule has 1 amide bonds. The number of alkyl halides is 3. The van der Waals surface area contributed by atoms with Crippen LogP contribution in [-0.2, 0) is 17.5 Å². The molecule has 144 valence electrons. The van der Waals surface area contributed by atoms with Crippen molar-refractivity contribution in [2.45, 2.75) is 12.8 Å². The normalized spacial score (nSPS) is 11.3. The Balaban J connectivity index is 1.87. The van der Waals surface area contributed by atoms with Gasteiger partial charge in [0.2, 0.25) is 0 Å². The lowest BCUT2D eigenvalue weighted by molar-refractivity contribution is -0.137. The number of amides is 1. The number of benzene rings is 3. The molecule has 0 saturated heterocycles. The third-order valence-corrected chi connectivity index (χ3v) is 4.19. The first-order valence-corrected chi connectivity index (χ1v) is 8.54. The number of methoxy groups -OCH3 is 1. The van der Waals surface area contributed by atoms with Crippen LogP contribution >= 0.6 is 0 Å². The molecule has 0 aromatic heterocycles. The molecule has 3 aromatic carbocycles. The van der Waals surface area contributed by atoms with Crippen molar-refractivity contribution in [2.24, 2.45) is 0 Å². The quantitative estimate of drug-likeness (QED) is 0.605. The maximum Gasteiger partial charge on any atom is 0.416 e. The Hall–Kier alpha value is -3.12. The number of ether oxygens (including phenoxy) is 1. The number of hydrogen-bond acceptors (Lipinski definition) is 2. The average Bonchev–Trinajstić information content (AvgIpc) is 2.68. The summed E-state index contributed by atoms with van der Waals surface area (Å²) in [4.78, 5) is 12.8. The largest absolute Gasteiger partial charge is 0.416 e. The predicted molar refractivity (Wildman–Crippen MR) is 102 cm³/mol. The molecular formula is C22H18F3NO2. The SMILES string of the molecule is COCc1cccc(NC(=O)c2ccccc2-c2ccc(C(F)(F)F)cc2)c1. The van der Waals surface area contributed by atoms with Crippen molar-refractivity contribution in [1.29, 1.82) is 0 Å². The highest BCUT2D eigenvalue weighted by Gasteiger charge is 2.30. The van der Waals surface area contributed by atoms with Crippen LogP contribution in [0.1, 0.15) is 21.5 Å². The lowest BCUT2D eigenvalue weighted by Gasteiger charge is -2.12. The van der Waals surface area contributed by atoms with Gasteiger partial charge in [-0.25, -0.2) is 0 Å². The Morgan fingerprint density at radius 2 is 1.68 bits per heavy atom. The van der Waals surface area contributed by atoms with Gasteiger partial charge in [-0.3, -0.25) is 4.79 Å². The standard InChI is InChI=1S/C22H18F3NO2/c1-28-14-15-5-4-6-18(13-15)26-21(27)20-8-3-2-7-19(20)16-9-11-17(12-10-16)22(23,24)25/h2-13H,14H2,1H3,(H,26,27). The molecule has 0 atom stereocenters. The van der Waals surface area contributed by atoms with E-state index in [1.165, 1.54) is 12.1 Å². The van der Waals surface area contributed by atoms with Gasteiger partial charge in [0.1, 0.15) is 0 Å². The molecule has 1 N–H and O–H groups in total. The maximum absolute atomic E-state index is 12.8. The van der Waals surface area contributed by atoms with Crippen LogP contribution in [0.5, 0.6) is 0 Å². The zero-order valence-corrected chi connectivity index (χ0v) is 15.1. The van der Waals surface area contributed by atoms with Crippen molar-refractivity contribution >= 4 is 11.6 Å². The third-order valence-electron chi connectivity index (χ3n) is 4.19. The fourth-order valence-corrected chi connectivity index (χ4v) is 2.88. The van der Waals surface area contributed by atoms with Crippen molar-refractivity contribution in [1.82, 2.24) is 0 Å². The van der Waals surface area contributed by atoms with Gasteiger partial charge in [0.15, 0.2) is 0 Å². The summed E-state index contributed by atoms with van der Waals surface area (Å²) in [5.74, 6) is -0.343. The first-order valence-electron chi connectivity index (χ1n) is 8.54. The smallest absolute Gasteiger partial charge is 0.380 e. The minimum atomic E-state index is -4.40. The molecule has 0 aliphatic carbocycles. The summed E-state index contributed by atoms with van der Waals surface area (Å²) in [5, 5.41) is 2.83. The molecule has 3 rings (SSSR count). The Kier molecular flexibility index (Phi) is 5.80. The third kappa shape index (κ3) is 4.58. The molecule has 0 fully saturated rings. The summed E-state index contributed by atoms with van der Waals surface area (Å²) in [6.07, 6.45) is -4.40. The van der Waals surface area contributed by atoms with E-state index in [1.54, 1.807) is 37.4 Å². The van der Waals surface area contributed by atoms with Crippen LogP contribution in [0.15, 0.2) is 72.8 Å². The first-order chi connectivity index (χ1) is 13.4. The molecule has 28 heavy (non-hydrogen) atoms. The second-order valence-corrected chi connectivity index (χ2v) is 6.21. The summed E-state index contributed by atoms with van der Waals surface area (Å²) in [5.41, 5.74) is 2.26. The van der Waals surface area contributed by atoms with Gasteiger partial charge in [-0.15, -0.1) is 0 Å². The van der Waals surface area contributed by atoms with Crippen molar-refractivity contribution in [3.05, 3.63) is 89.5 Å². The molecule has 3 nitrogen and oxygen atoms in total. The Bertz CT molecular complexity index is 966. The van der Waals surface area contributed by atoms with Gasteiger partial charge in [0.25, 0.3) is 5.91 Å². The number of anilines is 1. The number of halogens is 3. The van der Waals surface area contributed by atoms with Gasteiger partial charge < -0.3 is 10.1 Å². The fourth-order valence-electron chi connectivity index (χ4n) is 2.88. The maximum atomic E-state index is 12.8. The molecule has 0 unspecified atom stereocenters. The number of carbonyl (C=O) groups excluding carboxylic acids is 1. The van der Waals surface area contributed by atoms with Gasteiger partial charge in [0, 0.05) is 18.4 Å². The molecule has 0 spiro atoms. The molecule has 3 aromatic rings. The van der Waals surface area contributed by atoms with Gasteiger partial charge in [0.05, 0.1) is 12.2 Å². The molecule has 0 radical (unpaired) electrons. The molecule has 0 heterocycles. The topological polar surface area (TPSA) is 38.3 Å². The number of hydrogen-bond donors (Lipinski definition) is 1. The van der Waals surface area contributed by atoms with Crippen molar-refractivity contribution in [3.8, 4) is 11.1 Å². The van der Waals surface area contributed by atoms with Crippen molar-refractivity contribution in [2.75, 3.05) is 12.4 Å². The monoisotopic (exact) mass is 385 g/mol. The highest BCUT2D eigenvalue weighted by Crippen LogP contribution is 2.32. The van der Waals surface area contributed by atoms with Gasteiger partial charge in [-0.05, 0) is 47.0 Å². The number of carbonyl (C=O) groups is 1. The second kappa shape index (κ2) is 8.27. The molecule has 0 aliphatic heterocycles. The molecule has 0 bridgehead atoms. The van der Waals surface area contributed by atoms with Crippen molar-refractivity contribution in [3.63, 3.8) is 0 Å².